The van der Waals surface area contributed by atoms with Gasteiger partial charge in [0.1, 0.15) is 0 Å². The van der Waals surface area contributed by atoms with Crippen molar-refractivity contribution in [2.24, 2.45) is 0 Å². The Bertz CT molecular complexity index is 369. The van der Waals surface area contributed by atoms with Crippen LogP contribution < -0.4 is 5.32 Å². The molecule has 0 aromatic rings. The maximum Gasteiger partial charge on any atom is 0.243 e. The largest absolute Gasteiger partial charge is 0.372 e. The molecule has 1 unspecified atom stereocenters. The number of hydrogen-bond donors (Lipinski definition) is 2. The number of nitrogens with one attached hydrogen (secondary N) is 2. The van der Waals surface area contributed by atoms with Gasteiger partial charge in [0, 0.05) is 30.7 Å². The van der Waals surface area contributed by atoms with E-state index in [1.807, 2.05) is 27.7 Å². The second kappa shape index (κ2) is 6.93. The van der Waals surface area contributed by atoms with E-state index in [2.05, 4.69) is 5.32 Å². The molecule has 0 aromatic heterocycles. The molecule has 1 saturated heterocycles. The molecule has 1 heterocycles. The zero-order valence-electron chi connectivity index (χ0n) is 12.0. The van der Waals surface area contributed by atoms with Crippen LogP contribution in [0.15, 0.2) is 0 Å². The Labute approximate surface area is 119 Å². The third kappa shape index (κ3) is 4.53. The fraction of sp³-hybridized carbons (Fsp3) is 0.769. The Kier molecular flexibility index (Phi) is 5.85. The van der Waals surface area contributed by atoms with E-state index < -0.39 is 0 Å². The summed E-state index contributed by atoms with van der Waals surface area (Å²) in [5.41, 5.74) is 0. The molecule has 0 saturated carbocycles. The van der Waals surface area contributed by atoms with E-state index in [-0.39, 0.29) is 29.1 Å². The van der Waals surface area contributed by atoms with Gasteiger partial charge in [0.2, 0.25) is 11.8 Å². The summed E-state index contributed by atoms with van der Waals surface area (Å²) in [4.78, 5) is 25.1. The van der Waals surface area contributed by atoms with Crippen LogP contribution in [0.3, 0.4) is 0 Å². The molecule has 1 fully saturated rings. The SMILES string of the molecule is CC(C)NC(=N)CCSC1CC(=O)N(C(C)C)C1=O. The second-order valence-corrected chi connectivity index (χ2v) is 6.60. The van der Waals surface area contributed by atoms with Crippen LogP contribution in [0.1, 0.15) is 40.5 Å². The fourth-order valence-corrected chi connectivity index (χ4v) is 3.14. The van der Waals surface area contributed by atoms with Gasteiger partial charge in [-0.25, -0.2) is 0 Å². The molecule has 1 aliphatic rings. The summed E-state index contributed by atoms with van der Waals surface area (Å²) in [6, 6.07) is 0.190. The molecule has 108 valence electrons. The van der Waals surface area contributed by atoms with Crippen LogP contribution >= 0.6 is 11.8 Å². The first-order valence-electron chi connectivity index (χ1n) is 6.64. The third-order valence-corrected chi connectivity index (χ3v) is 4.00. The molecule has 1 rings (SSSR count). The number of nitrogens with zero attached hydrogens (tertiary/aromatic N) is 1. The first kappa shape index (κ1) is 16.0. The number of thioether (sulfide) groups is 1. The summed E-state index contributed by atoms with van der Waals surface area (Å²) >= 11 is 1.48. The van der Waals surface area contributed by atoms with Gasteiger partial charge in [-0.3, -0.25) is 19.9 Å². The van der Waals surface area contributed by atoms with Crippen LogP contribution in [0, 0.1) is 5.41 Å². The lowest BCUT2D eigenvalue weighted by Crippen LogP contribution is -2.37. The molecule has 2 N–H and O–H groups in total. The Morgan fingerprint density at radius 3 is 2.53 bits per heavy atom. The Morgan fingerprint density at radius 2 is 2.05 bits per heavy atom. The summed E-state index contributed by atoms with van der Waals surface area (Å²) in [7, 11) is 0. The van der Waals surface area contributed by atoms with Crippen molar-refractivity contribution in [2.45, 2.75) is 57.9 Å². The number of amidine groups is 1. The molecule has 0 aromatic carbocycles. The van der Waals surface area contributed by atoms with E-state index in [4.69, 9.17) is 5.41 Å². The number of amides is 2. The molecule has 0 aliphatic carbocycles. The molecule has 0 radical (unpaired) electrons. The second-order valence-electron chi connectivity index (χ2n) is 5.29. The van der Waals surface area contributed by atoms with Crippen LogP contribution in [0.4, 0.5) is 0 Å². The topological polar surface area (TPSA) is 73.3 Å². The van der Waals surface area contributed by atoms with Gasteiger partial charge >= 0.3 is 0 Å². The Morgan fingerprint density at radius 1 is 1.42 bits per heavy atom. The van der Waals surface area contributed by atoms with E-state index in [9.17, 15) is 9.59 Å². The van der Waals surface area contributed by atoms with Gasteiger partial charge in [-0.2, -0.15) is 0 Å². The van der Waals surface area contributed by atoms with Crippen LogP contribution in [0.2, 0.25) is 0 Å². The Balaban J connectivity index is 2.37. The molecule has 1 aliphatic heterocycles. The zero-order valence-corrected chi connectivity index (χ0v) is 12.8. The van der Waals surface area contributed by atoms with Gasteiger partial charge in [0.05, 0.1) is 11.1 Å². The van der Waals surface area contributed by atoms with Gasteiger partial charge in [0.15, 0.2) is 0 Å². The highest BCUT2D eigenvalue weighted by molar-refractivity contribution is 8.00. The minimum atomic E-state index is -0.262. The van der Waals surface area contributed by atoms with E-state index in [1.54, 1.807) is 0 Å². The number of hydrogen-bond acceptors (Lipinski definition) is 4. The lowest BCUT2D eigenvalue weighted by Gasteiger charge is -2.18. The summed E-state index contributed by atoms with van der Waals surface area (Å²) < 4.78 is 0. The van der Waals surface area contributed by atoms with Crippen molar-refractivity contribution in [3.8, 4) is 0 Å². The quantitative estimate of drug-likeness (QED) is 0.442. The van der Waals surface area contributed by atoms with E-state index in [0.29, 0.717) is 24.4 Å². The number of likely N-dealkylation sites (tertiary alicyclic amines) is 1. The maximum absolute atomic E-state index is 12.0. The van der Waals surface area contributed by atoms with Gasteiger partial charge < -0.3 is 5.32 Å². The normalized spacial score (nSPS) is 19.7. The molecular weight excluding hydrogens is 262 g/mol. The Hall–Kier alpha value is -1.04. The van der Waals surface area contributed by atoms with Crippen LogP contribution in [-0.4, -0.2) is 45.6 Å². The maximum atomic E-state index is 12.0. The van der Waals surface area contributed by atoms with Crippen molar-refractivity contribution >= 4 is 29.4 Å². The molecule has 0 spiro atoms. The van der Waals surface area contributed by atoms with Crippen LogP contribution in [0.25, 0.3) is 0 Å². The molecule has 2 amide bonds. The molecule has 6 heteroatoms. The zero-order chi connectivity index (χ0) is 14.6. The van der Waals surface area contributed by atoms with Crippen molar-refractivity contribution in [3.63, 3.8) is 0 Å². The van der Waals surface area contributed by atoms with Crippen molar-refractivity contribution in [2.75, 3.05) is 5.75 Å². The lowest BCUT2D eigenvalue weighted by molar-refractivity contribution is -0.140. The highest BCUT2D eigenvalue weighted by atomic mass is 32.2. The predicted octanol–water partition coefficient (Wildman–Crippen LogP) is 1.62. The molecule has 1 atom stereocenters. The smallest absolute Gasteiger partial charge is 0.243 e. The fourth-order valence-electron chi connectivity index (χ4n) is 2.02. The molecule has 19 heavy (non-hydrogen) atoms. The van der Waals surface area contributed by atoms with Crippen LogP contribution in [0.5, 0.6) is 0 Å². The lowest BCUT2D eigenvalue weighted by atomic mass is 10.3. The average Bonchev–Trinajstić information content (AvgIpc) is 2.52. The summed E-state index contributed by atoms with van der Waals surface area (Å²) in [6.07, 6.45) is 0.898. The van der Waals surface area contributed by atoms with Crippen molar-refractivity contribution in [3.05, 3.63) is 0 Å². The summed E-state index contributed by atoms with van der Waals surface area (Å²) in [5, 5.41) is 10.5. The summed E-state index contributed by atoms with van der Waals surface area (Å²) in [6.45, 7) is 7.68. The summed E-state index contributed by atoms with van der Waals surface area (Å²) in [5.74, 6) is 1.02. The molecule has 5 nitrogen and oxygen atoms in total. The van der Waals surface area contributed by atoms with E-state index in [0.717, 1.165) is 0 Å². The molecule has 0 bridgehead atoms. The van der Waals surface area contributed by atoms with Crippen molar-refractivity contribution < 1.29 is 9.59 Å². The molecular formula is C13H23N3O2S. The first-order valence-corrected chi connectivity index (χ1v) is 7.69. The van der Waals surface area contributed by atoms with Crippen molar-refractivity contribution in [1.82, 2.24) is 10.2 Å². The van der Waals surface area contributed by atoms with E-state index in [1.165, 1.54) is 16.7 Å². The monoisotopic (exact) mass is 285 g/mol. The number of imide groups is 1. The van der Waals surface area contributed by atoms with Gasteiger partial charge in [0.25, 0.3) is 0 Å². The third-order valence-electron chi connectivity index (χ3n) is 2.79. The standard InChI is InChI=1S/C13H23N3O2S/c1-8(2)15-11(14)5-6-19-10-7-12(17)16(9(3)4)13(10)18/h8-10H,5-7H2,1-4H3,(H2,14,15). The highest BCUT2D eigenvalue weighted by Gasteiger charge is 2.39. The van der Waals surface area contributed by atoms with E-state index >= 15 is 0 Å². The van der Waals surface area contributed by atoms with Crippen LogP contribution in [-0.2, 0) is 9.59 Å². The highest BCUT2D eigenvalue weighted by Crippen LogP contribution is 2.26. The minimum Gasteiger partial charge on any atom is -0.372 e. The number of rotatable bonds is 6. The number of carbonyl (C=O) groups excluding carboxylic acids is 2. The van der Waals surface area contributed by atoms with Crippen molar-refractivity contribution in [1.29, 1.82) is 5.41 Å². The average molecular weight is 285 g/mol. The first-order chi connectivity index (χ1) is 8.82. The number of carbonyl (C=O) groups is 2. The minimum absolute atomic E-state index is 0.0634. The predicted molar refractivity (Wildman–Crippen MR) is 78.5 cm³/mol. The van der Waals surface area contributed by atoms with Gasteiger partial charge in [-0.15, -0.1) is 11.8 Å². The van der Waals surface area contributed by atoms with Gasteiger partial charge in [-0.05, 0) is 27.7 Å². The van der Waals surface area contributed by atoms with Gasteiger partial charge in [-0.1, -0.05) is 0 Å².